The van der Waals surface area contributed by atoms with Crippen LogP contribution in [-0.2, 0) is 12.8 Å². The summed E-state index contributed by atoms with van der Waals surface area (Å²) in [6, 6.07) is 6.45. The Balaban J connectivity index is 2.45. The molecule has 2 aromatic rings. The molecule has 1 N–H and O–H groups in total. The van der Waals surface area contributed by atoms with Crippen molar-refractivity contribution in [3.8, 4) is 11.1 Å². The Bertz CT molecular complexity index is 538. The number of benzene rings is 1. The minimum absolute atomic E-state index is 0.182. The first-order valence-electron chi connectivity index (χ1n) is 6.83. The van der Waals surface area contributed by atoms with Gasteiger partial charge in [0, 0.05) is 12.2 Å². The van der Waals surface area contributed by atoms with Gasteiger partial charge in [-0.05, 0) is 43.4 Å². The van der Waals surface area contributed by atoms with E-state index in [1.807, 2.05) is 13.8 Å². The number of aromatic nitrogens is 1. The van der Waals surface area contributed by atoms with Gasteiger partial charge in [-0.25, -0.2) is 0 Å². The Kier molecular flexibility index (Phi) is 4.38. The summed E-state index contributed by atoms with van der Waals surface area (Å²) in [4.78, 5) is 0. The maximum absolute atomic E-state index is 9.21. The van der Waals surface area contributed by atoms with Crippen LogP contribution in [0.4, 0.5) is 0 Å². The van der Waals surface area contributed by atoms with E-state index in [2.05, 4.69) is 30.3 Å². The average molecular weight is 259 g/mol. The highest BCUT2D eigenvalue weighted by atomic mass is 16.5. The van der Waals surface area contributed by atoms with Crippen LogP contribution in [0, 0.1) is 13.8 Å². The molecule has 0 atom stereocenters. The maximum atomic E-state index is 9.21. The highest BCUT2D eigenvalue weighted by Gasteiger charge is 2.13. The molecule has 1 heterocycles. The van der Waals surface area contributed by atoms with Crippen molar-refractivity contribution in [1.29, 1.82) is 0 Å². The first kappa shape index (κ1) is 13.8. The van der Waals surface area contributed by atoms with Gasteiger partial charge < -0.3 is 9.63 Å². The third-order valence-corrected chi connectivity index (χ3v) is 3.43. The SMILES string of the molecule is CCCc1ccc(-c2c(C)noc2C)cc1CCO. The fourth-order valence-electron chi connectivity index (χ4n) is 2.54. The lowest BCUT2D eigenvalue weighted by Gasteiger charge is -2.10. The molecule has 0 aliphatic rings. The highest BCUT2D eigenvalue weighted by molar-refractivity contribution is 5.68. The average Bonchev–Trinajstić information content (AvgIpc) is 2.72. The van der Waals surface area contributed by atoms with Gasteiger partial charge in [-0.3, -0.25) is 0 Å². The quantitative estimate of drug-likeness (QED) is 0.894. The second-order valence-corrected chi connectivity index (χ2v) is 4.91. The third-order valence-electron chi connectivity index (χ3n) is 3.43. The zero-order chi connectivity index (χ0) is 13.8. The van der Waals surface area contributed by atoms with Crippen LogP contribution >= 0.6 is 0 Å². The van der Waals surface area contributed by atoms with Crippen molar-refractivity contribution in [2.75, 3.05) is 6.61 Å². The van der Waals surface area contributed by atoms with Crippen molar-refractivity contribution in [3.63, 3.8) is 0 Å². The molecule has 0 aliphatic carbocycles. The van der Waals surface area contributed by atoms with E-state index in [-0.39, 0.29) is 6.61 Å². The molecular formula is C16H21NO2. The molecule has 0 amide bonds. The van der Waals surface area contributed by atoms with Crippen LogP contribution in [0.15, 0.2) is 22.7 Å². The molecular weight excluding hydrogens is 238 g/mol. The van der Waals surface area contributed by atoms with Crippen LogP contribution in [0.3, 0.4) is 0 Å². The summed E-state index contributed by atoms with van der Waals surface area (Å²) in [5.41, 5.74) is 5.66. The monoisotopic (exact) mass is 259 g/mol. The molecule has 0 bridgehead atoms. The molecule has 0 saturated carbocycles. The normalized spacial score (nSPS) is 10.9. The summed E-state index contributed by atoms with van der Waals surface area (Å²) in [6.07, 6.45) is 2.87. The number of aliphatic hydroxyl groups excluding tert-OH is 1. The molecule has 0 spiro atoms. The van der Waals surface area contributed by atoms with Crippen molar-refractivity contribution in [2.24, 2.45) is 0 Å². The molecule has 0 saturated heterocycles. The zero-order valence-corrected chi connectivity index (χ0v) is 11.9. The Labute approximate surface area is 114 Å². The van der Waals surface area contributed by atoms with Gasteiger partial charge in [0.25, 0.3) is 0 Å². The molecule has 0 unspecified atom stereocenters. The van der Waals surface area contributed by atoms with Gasteiger partial charge in [0.2, 0.25) is 0 Å². The van der Waals surface area contributed by atoms with Gasteiger partial charge >= 0.3 is 0 Å². The third kappa shape index (κ3) is 2.87. The lowest BCUT2D eigenvalue weighted by molar-refractivity contribution is 0.299. The summed E-state index contributed by atoms with van der Waals surface area (Å²) in [5, 5.41) is 13.2. The minimum Gasteiger partial charge on any atom is -0.396 e. The fraction of sp³-hybridized carbons (Fsp3) is 0.438. The molecule has 1 aromatic heterocycles. The molecule has 0 aliphatic heterocycles. The summed E-state index contributed by atoms with van der Waals surface area (Å²) in [7, 11) is 0. The van der Waals surface area contributed by atoms with Crippen LogP contribution in [0.25, 0.3) is 11.1 Å². The van der Waals surface area contributed by atoms with Crippen LogP contribution in [0.2, 0.25) is 0 Å². The fourth-order valence-corrected chi connectivity index (χ4v) is 2.54. The van der Waals surface area contributed by atoms with Gasteiger partial charge in [-0.1, -0.05) is 36.7 Å². The second kappa shape index (κ2) is 6.02. The maximum Gasteiger partial charge on any atom is 0.141 e. The van der Waals surface area contributed by atoms with Crippen LogP contribution in [0.5, 0.6) is 0 Å². The highest BCUT2D eigenvalue weighted by Crippen LogP contribution is 2.29. The first-order valence-corrected chi connectivity index (χ1v) is 6.83. The van der Waals surface area contributed by atoms with Gasteiger partial charge in [-0.2, -0.15) is 0 Å². The summed E-state index contributed by atoms with van der Waals surface area (Å²) in [6.45, 7) is 6.24. The van der Waals surface area contributed by atoms with Crippen LogP contribution in [0.1, 0.15) is 35.9 Å². The van der Waals surface area contributed by atoms with E-state index in [0.29, 0.717) is 6.42 Å². The van der Waals surface area contributed by atoms with E-state index >= 15 is 0 Å². The van der Waals surface area contributed by atoms with Gasteiger partial charge in [0.05, 0.1) is 5.69 Å². The Morgan fingerprint density at radius 3 is 2.53 bits per heavy atom. The topological polar surface area (TPSA) is 46.3 Å². The largest absolute Gasteiger partial charge is 0.396 e. The van der Waals surface area contributed by atoms with Gasteiger partial charge in [0.15, 0.2) is 0 Å². The molecule has 19 heavy (non-hydrogen) atoms. The number of aryl methyl sites for hydroxylation is 3. The number of hydrogen-bond acceptors (Lipinski definition) is 3. The van der Waals surface area contributed by atoms with Crippen LogP contribution in [-0.4, -0.2) is 16.9 Å². The molecule has 1 aromatic carbocycles. The summed E-state index contributed by atoms with van der Waals surface area (Å²) in [5.74, 6) is 0.843. The van der Waals surface area contributed by atoms with Crippen LogP contribution < -0.4 is 0 Å². The predicted molar refractivity (Wildman–Crippen MR) is 76.2 cm³/mol. The Morgan fingerprint density at radius 1 is 1.16 bits per heavy atom. The first-order chi connectivity index (χ1) is 9.17. The molecule has 0 fully saturated rings. The van der Waals surface area contributed by atoms with Crippen molar-refractivity contribution >= 4 is 0 Å². The number of nitrogens with zero attached hydrogens (tertiary/aromatic N) is 1. The van der Waals surface area contributed by atoms with E-state index in [1.54, 1.807) is 0 Å². The van der Waals surface area contributed by atoms with Crippen molar-refractivity contribution < 1.29 is 9.63 Å². The van der Waals surface area contributed by atoms with E-state index in [9.17, 15) is 5.11 Å². The second-order valence-electron chi connectivity index (χ2n) is 4.91. The van der Waals surface area contributed by atoms with Crippen molar-refractivity contribution in [1.82, 2.24) is 5.16 Å². The molecule has 102 valence electrons. The lowest BCUT2D eigenvalue weighted by atomic mass is 9.95. The Morgan fingerprint density at radius 2 is 1.95 bits per heavy atom. The van der Waals surface area contributed by atoms with E-state index in [0.717, 1.165) is 35.4 Å². The molecule has 0 radical (unpaired) electrons. The van der Waals surface area contributed by atoms with Crippen molar-refractivity contribution in [2.45, 2.75) is 40.0 Å². The number of hydrogen-bond donors (Lipinski definition) is 1. The molecule has 3 heteroatoms. The summed E-state index contributed by atoms with van der Waals surface area (Å²) >= 11 is 0. The predicted octanol–water partition coefficient (Wildman–Crippen LogP) is 3.45. The molecule has 2 rings (SSSR count). The van der Waals surface area contributed by atoms with Gasteiger partial charge in [0.1, 0.15) is 5.76 Å². The van der Waals surface area contributed by atoms with E-state index < -0.39 is 0 Å². The number of aliphatic hydroxyl groups is 1. The molecule has 3 nitrogen and oxygen atoms in total. The lowest BCUT2D eigenvalue weighted by Crippen LogP contribution is -1.98. The van der Waals surface area contributed by atoms with Crippen molar-refractivity contribution in [3.05, 3.63) is 40.8 Å². The van der Waals surface area contributed by atoms with E-state index in [4.69, 9.17) is 4.52 Å². The smallest absolute Gasteiger partial charge is 0.141 e. The standard InChI is InChI=1S/C16H21NO2/c1-4-5-13-6-7-15(10-14(13)8-9-18)16-11(2)17-19-12(16)3/h6-7,10,18H,4-5,8-9H2,1-3H3. The zero-order valence-electron chi connectivity index (χ0n) is 11.9. The van der Waals surface area contributed by atoms with Gasteiger partial charge in [-0.15, -0.1) is 0 Å². The Hall–Kier alpha value is -1.61. The minimum atomic E-state index is 0.182. The summed E-state index contributed by atoms with van der Waals surface area (Å²) < 4.78 is 5.23. The number of rotatable bonds is 5. The van der Waals surface area contributed by atoms with E-state index in [1.165, 1.54) is 11.1 Å².